The Hall–Kier alpha value is -0.330. The molecule has 2 atom stereocenters. The predicted octanol–water partition coefficient (Wildman–Crippen LogP) is 4.07. The van der Waals surface area contributed by atoms with Gasteiger partial charge in [0.15, 0.2) is 0 Å². The highest BCUT2D eigenvalue weighted by Gasteiger charge is 2.07. The van der Waals surface area contributed by atoms with E-state index in [-0.39, 0.29) is 0 Å². The zero-order valence-corrected chi connectivity index (χ0v) is 9.55. The van der Waals surface area contributed by atoms with Gasteiger partial charge in [0.2, 0.25) is 0 Å². The van der Waals surface area contributed by atoms with E-state index < -0.39 is 0 Å². The minimum atomic E-state index is 0.454. The first kappa shape index (κ1) is 12.7. The number of rotatable bonds is 8. The van der Waals surface area contributed by atoms with Gasteiger partial charge in [-0.1, -0.05) is 39.5 Å². The lowest BCUT2D eigenvalue weighted by Crippen LogP contribution is -2.04. The molecule has 0 aliphatic heterocycles. The molecule has 0 aliphatic carbocycles. The number of unbranched alkanes of at least 4 members (excludes halogenated alkanes) is 1. The van der Waals surface area contributed by atoms with Crippen LogP contribution in [-0.4, -0.2) is 12.8 Å². The number of hydrogen-bond donors (Lipinski definition) is 0. The fraction of sp³-hybridized carbons (Fsp3) is 0.917. The van der Waals surface area contributed by atoms with Crippen LogP contribution in [0, 0.1) is 5.92 Å². The van der Waals surface area contributed by atoms with Crippen LogP contribution in [0.15, 0.2) is 4.99 Å². The summed E-state index contributed by atoms with van der Waals surface area (Å²) >= 11 is 0. The van der Waals surface area contributed by atoms with Gasteiger partial charge in [0.25, 0.3) is 0 Å². The summed E-state index contributed by atoms with van der Waals surface area (Å²) in [6, 6.07) is 0.454. The van der Waals surface area contributed by atoms with Gasteiger partial charge >= 0.3 is 0 Å². The van der Waals surface area contributed by atoms with E-state index in [0.29, 0.717) is 6.04 Å². The summed E-state index contributed by atoms with van der Waals surface area (Å²) in [5, 5.41) is 0. The van der Waals surface area contributed by atoms with E-state index in [4.69, 9.17) is 0 Å². The average molecular weight is 183 g/mol. The van der Waals surface area contributed by atoms with E-state index in [9.17, 15) is 0 Å². The number of hydrogen-bond acceptors (Lipinski definition) is 1. The fourth-order valence-corrected chi connectivity index (χ4v) is 1.61. The lowest BCUT2D eigenvalue weighted by atomic mass is 9.93. The van der Waals surface area contributed by atoms with Crippen molar-refractivity contribution in [2.75, 3.05) is 0 Å². The maximum absolute atomic E-state index is 4.02. The van der Waals surface area contributed by atoms with Gasteiger partial charge in [0.05, 0.1) is 0 Å². The molecule has 0 aromatic rings. The summed E-state index contributed by atoms with van der Waals surface area (Å²) in [4.78, 5) is 4.02. The van der Waals surface area contributed by atoms with E-state index in [1.807, 2.05) is 0 Å². The second-order valence-electron chi connectivity index (χ2n) is 4.03. The molecule has 0 spiro atoms. The van der Waals surface area contributed by atoms with Gasteiger partial charge < -0.3 is 0 Å². The van der Waals surface area contributed by atoms with Crippen LogP contribution in [-0.2, 0) is 0 Å². The van der Waals surface area contributed by atoms with Crippen molar-refractivity contribution in [1.29, 1.82) is 0 Å². The lowest BCUT2D eigenvalue weighted by Gasteiger charge is -2.15. The third kappa shape index (κ3) is 6.80. The third-order valence-corrected chi connectivity index (χ3v) is 2.85. The molecule has 0 aliphatic rings. The van der Waals surface area contributed by atoms with Crippen molar-refractivity contribution in [2.24, 2.45) is 10.9 Å². The molecule has 0 N–H and O–H groups in total. The van der Waals surface area contributed by atoms with Crippen molar-refractivity contribution in [3.8, 4) is 0 Å². The van der Waals surface area contributed by atoms with E-state index in [2.05, 4.69) is 32.5 Å². The Morgan fingerprint density at radius 2 is 1.85 bits per heavy atom. The summed E-state index contributed by atoms with van der Waals surface area (Å²) in [6.07, 6.45) is 7.98. The van der Waals surface area contributed by atoms with Gasteiger partial charge in [0.1, 0.15) is 0 Å². The van der Waals surface area contributed by atoms with Crippen LogP contribution in [0.4, 0.5) is 0 Å². The minimum Gasteiger partial charge on any atom is -0.298 e. The normalized spacial score (nSPS) is 15.3. The number of aliphatic imine (C=N–C) groups is 1. The molecule has 1 heteroatoms. The Morgan fingerprint density at radius 1 is 1.15 bits per heavy atom. The zero-order valence-electron chi connectivity index (χ0n) is 9.55. The molecule has 0 bridgehead atoms. The van der Waals surface area contributed by atoms with Gasteiger partial charge in [-0.25, -0.2) is 0 Å². The van der Waals surface area contributed by atoms with Gasteiger partial charge in [-0.15, -0.1) is 0 Å². The summed E-state index contributed by atoms with van der Waals surface area (Å²) in [5.74, 6) is 0.921. The maximum Gasteiger partial charge on any atom is 0.0464 e. The highest BCUT2D eigenvalue weighted by Crippen LogP contribution is 2.19. The first-order chi connectivity index (χ1) is 6.24. The third-order valence-electron chi connectivity index (χ3n) is 2.85. The number of nitrogens with zero attached hydrogens (tertiary/aromatic N) is 1. The zero-order chi connectivity index (χ0) is 10.1. The van der Waals surface area contributed by atoms with Gasteiger partial charge in [0, 0.05) is 6.04 Å². The van der Waals surface area contributed by atoms with E-state index in [0.717, 1.165) is 5.92 Å². The van der Waals surface area contributed by atoms with Crippen molar-refractivity contribution in [2.45, 2.75) is 65.3 Å². The van der Waals surface area contributed by atoms with E-state index >= 15 is 0 Å². The van der Waals surface area contributed by atoms with Crippen molar-refractivity contribution < 1.29 is 0 Å². The molecule has 13 heavy (non-hydrogen) atoms. The Labute approximate surface area is 83.6 Å². The summed E-state index contributed by atoms with van der Waals surface area (Å²) in [5.41, 5.74) is 0. The molecule has 0 saturated carbocycles. The molecule has 0 amide bonds. The van der Waals surface area contributed by atoms with Crippen LogP contribution < -0.4 is 0 Å². The lowest BCUT2D eigenvalue weighted by molar-refractivity contribution is 0.397. The smallest absolute Gasteiger partial charge is 0.0464 e. The first-order valence-electron chi connectivity index (χ1n) is 5.70. The van der Waals surface area contributed by atoms with Crippen molar-refractivity contribution in [3.63, 3.8) is 0 Å². The molecule has 0 saturated heterocycles. The molecule has 0 fully saturated rings. The van der Waals surface area contributed by atoms with Crippen LogP contribution >= 0.6 is 0 Å². The summed E-state index contributed by atoms with van der Waals surface area (Å²) in [6.45, 7) is 10.3. The van der Waals surface area contributed by atoms with Crippen molar-refractivity contribution in [1.82, 2.24) is 0 Å². The monoisotopic (exact) mass is 183 g/mol. The first-order valence-corrected chi connectivity index (χ1v) is 5.70. The van der Waals surface area contributed by atoms with Gasteiger partial charge in [-0.05, 0) is 32.4 Å². The Kier molecular flexibility index (Phi) is 8.07. The highest BCUT2D eigenvalue weighted by molar-refractivity contribution is 5.23. The van der Waals surface area contributed by atoms with Crippen LogP contribution in [0.1, 0.15) is 59.3 Å². The largest absolute Gasteiger partial charge is 0.298 e. The molecule has 1 nitrogen and oxygen atoms in total. The van der Waals surface area contributed by atoms with Gasteiger partial charge in [-0.3, -0.25) is 4.99 Å². The molecular weight excluding hydrogens is 158 g/mol. The SMILES string of the molecule is C=N[C@@H](C)CCC(CC)CCCC. The Bertz CT molecular complexity index is 120. The minimum absolute atomic E-state index is 0.454. The molecule has 0 aromatic carbocycles. The van der Waals surface area contributed by atoms with E-state index in [1.165, 1.54) is 38.5 Å². The van der Waals surface area contributed by atoms with E-state index in [1.54, 1.807) is 0 Å². The predicted molar refractivity (Wildman–Crippen MR) is 61.6 cm³/mol. The van der Waals surface area contributed by atoms with Crippen LogP contribution in [0.5, 0.6) is 0 Å². The highest BCUT2D eigenvalue weighted by atomic mass is 14.7. The average Bonchev–Trinajstić information content (AvgIpc) is 2.17. The molecule has 78 valence electrons. The standard InChI is InChI=1S/C12H25N/c1-5-7-8-12(6-2)10-9-11(3)13-4/h11-12H,4-10H2,1-3H3/t11-,12?/m0/s1. The topological polar surface area (TPSA) is 12.4 Å². The summed E-state index contributed by atoms with van der Waals surface area (Å²) in [7, 11) is 0. The quantitative estimate of drug-likeness (QED) is 0.503. The molecule has 0 rings (SSSR count). The molecule has 0 heterocycles. The Morgan fingerprint density at radius 3 is 2.31 bits per heavy atom. The molecule has 1 unspecified atom stereocenters. The molecule has 0 aromatic heterocycles. The second-order valence-corrected chi connectivity index (χ2v) is 4.03. The molecular formula is C12H25N. The fourth-order valence-electron chi connectivity index (χ4n) is 1.61. The van der Waals surface area contributed by atoms with Crippen molar-refractivity contribution in [3.05, 3.63) is 0 Å². The second kappa shape index (κ2) is 8.28. The Balaban J connectivity index is 3.52. The van der Waals surface area contributed by atoms with Crippen molar-refractivity contribution >= 4 is 6.72 Å². The van der Waals surface area contributed by atoms with Crippen LogP contribution in [0.3, 0.4) is 0 Å². The summed E-state index contributed by atoms with van der Waals surface area (Å²) < 4.78 is 0. The maximum atomic E-state index is 4.02. The van der Waals surface area contributed by atoms with Crippen LogP contribution in [0.2, 0.25) is 0 Å². The molecule has 0 radical (unpaired) electrons. The van der Waals surface area contributed by atoms with Gasteiger partial charge in [-0.2, -0.15) is 0 Å². The van der Waals surface area contributed by atoms with Crippen LogP contribution in [0.25, 0.3) is 0 Å².